The van der Waals surface area contributed by atoms with E-state index in [1.807, 2.05) is 37.3 Å². The molecule has 4 aromatic rings. The molecule has 16 heteroatoms. The quantitative estimate of drug-likeness (QED) is 0.115. The average molecular weight is 772 g/mol. The molecule has 2 unspecified atom stereocenters. The third-order valence-electron chi connectivity index (χ3n) is 10.3. The second-order valence-electron chi connectivity index (χ2n) is 13.9. The fraction of sp³-hybridized carbons (Fsp3) is 0.385. The maximum atomic E-state index is 13.7. The van der Waals surface area contributed by atoms with Crippen LogP contribution in [0.5, 0.6) is 0 Å². The molecule has 1 aliphatic carbocycles. The van der Waals surface area contributed by atoms with Gasteiger partial charge in [0.15, 0.2) is 5.82 Å². The second kappa shape index (κ2) is 18.6. The van der Waals surface area contributed by atoms with Crippen molar-refractivity contribution in [2.45, 2.75) is 70.0 Å². The van der Waals surface area contributed by atoms with Gasteiger partial charge in [-0.05, 0) is 127 Å². The number of benzene rings is 3. The van der Waals surface area contributed by atoms with Gasteiger partial charge in [0, 0.05) is 29.2 Å². The molecule has 55 heavy (non-hydrogen) atoms. The fourth-order valence-electron chi connectivity index (χ4n) is 7.07. The minimum Gasteiger partial charge on any atom is -0.467 e. The molecule has 1 saturated heterocycles. The summed E-state index contributed by atoms with van der Waals surface area (Å²) < 4.78 is 4.71. The van der Waals surface area contributed by atoms with Crippen molar-refractivity contribution in [2.24, 2.45) is 17.6 Å². The monoisotopic (exact) mass is 771 g/mol. The number of tetrazole rings is 1. The smallest absolute Gasteiger partial charge is 0.328 e. The Hall–Kier alpha value is -5.67. The predicted molar refractivity (Wildman–Crippen MR) is 207 cm³/mol. The number of methoxy groups -OCH3 is 1. The van der Waals surface area contributed by atoms with Crippen molar-refractivity contribution in [3.63, 3.8) is 0 Å². The van der Waals surface area contributed by atoms with Gasteiger partial charge in [0.1, 0.15) is 18.1 Å². The maximum absolute atomic E-state index is 13.7. The Morgan fingerprint density at radius 2 is 1.64 bits per heavy atom. The number of hydrogen-bond donors (Lipinski definition) is 6. The van der Waals surface area contributed by atoms with Crippen molar-refractivity contribution in [3.8, 4) is 22.5 Å². The van der Waals surface area contributed by atoms with Gasteiger partial charge in [-0.1, -0.05) is 30.3 Å². The lowest BCUT2D eigenvalue weighted by Crippen LogP contribution is -2.56. The largest absolute Gasteiger partial charge is 0.467 e. The number of ether oxygens (including phenoxy) is 1. The van der Waals surface area contributed by atoms with Gasteiger partial charge in [-0.25, -0.2) is 9.89 Å². The standard InChI is InChI=1S/C39H45N9O6.ClH/c1-22-19-28(36(50)42-31-17-18-32(39(53)54-2)43-37(31)51)13-16-30(22)25-7-3-23(4-8-25)20-33(44-35(49)27-9-5-24(21-40)6-10-27)38(52)41-29-14-11-26(12-15-29)34-45-47-48-46-34;/h3-4,7-8,11-16,19,24,27,31-33H,5-6,9-10,17-18,20-21,40H2,1-2H3,(H,41,52)(H,42,50)(H,43,51)(H,44,49)(H,45,46,47,48);1H/t24?,27?,31?,32?,33-;/m0./s1. The molecule has 1 aromatic heterocycles. The van der Waals surface area contributed by atoms with Crippen LogP contribution in [0.15, 0.2) is 66.7 Å². The third kappa shape index (κ3) is 10.1. The van der Waals surface area contributed by atoms with Crippen LogP contribution in [0.25, 0.3) is 22.5 Å². The minimum atomic E-state index is -0.828. The molecule has 2 heterocycles. The molecule has 4 amide bonds. The van der Waals surface area contributed by atoms with E-state index in [9.17, 15) is 24.0 Å². The van der Waals surface area contributed by atoms with E-state index in [0.29, 0.717) is 42.4 Å². The molecule has 2 aliphatic rings. The fourth-order valence-corrected chi connectivity index (χ4v) is 7.07. The highest BCUT2D eigenvalue weighted by atomic mass is 35.5. The molecule has 0 radical (unpaired) electrons. The molecular weight excluding hydrogens is 726 g/mol. The molecule has 15 nitrogen and oxygen atoms in total. The first-order valence-corrected chi connectivity index (χ1v) is 18.2. The van der Waals surface area contributed by atoms with Crippen molar-refractivity contribution in [3.05, 3.63) is 83.4 Å². The molecule has 1 aliphatic heterocycles. The van der Waals surface area contributed by atoms with Gasteiger partial charge in [-0.2, -0.15) is 0 Å². The Balaban J connectivity index is 0.00000580. The molecule has 290 valence electrons. The predicted octanol–water partition coefficient (Wildman–Crippen LogP) is 3.25. The number of esters is 1. The number of aromatic nitrogens is 4. The van der Waals surface area contributed by atoms with Crippen LogP contribution in [0, 0.1) is 18.8 Å². The molecule has 3 atom stereocenters. The summed E-state index contributed by atoms with van der Waals surface area (Å²) >= 11 is 0. The van der Waals surface area contributed by atoms with Crippen LogP contribution in [0.4, 0.5) is 5.69 Å². The van der Waals surface area contributed by atoms with E-state index in [1.165, 1.54) is 7.11 Å². The summed E-state index contributed by atoms with van der Waals surface area (Å²) in [6.07, 6.45) is 4.21. The minimum absolute atomic E-state index is 0. The van der Waals surface area contributed by atoms with Crippen molar-refractivity contribution in [2.75, 3.05) is 19.0 Å². The van der Waals surface area contributed by atoms with Crippen LogP contribution in [0.1, 0.15) is 60.0 Å². The van der Waals surface area contributed by atoms with Crippen LogP contribution in [-0.4, -0.2) is 82.0 Å². The van der Waals surface area contributed by atoms with Crippen molar-refractivity contribution >= 4 is 47.7 Å². The van der Waals surface area contributed by atoms with E-state index in [4.69, 9.17) is 10.5 Å². The van der Waals surface area contributed by atoms with Gasteiger partial charge in [0.25, 0.3) is 5.91 Å². The molecule has 6 rings (SSSR count). The van der Waals surface area contributed by atoms with E-state index in [1.54, 1.807) is 36.4 Å². The normalized spacial score (nSPS) is 19.9. The van der Waals surface area contributed by atoms with E-state index < -0.39 is 35.9 Å². The number of nitrogens with zero attached hydrogens (tertiary/aromatic N) is 3. The SMILES string of the molecule is COC(=O)C1CCC(NC(=O)c2ccc(-c3ccc(C[C@H](NC(=O)C4CCC(CN)CC4)C(=O)Nc4ccc(-c5nnn[nH]5)cc4)cc3)c(C)c2)C(=O)N1.Cl. The summed E-state index contributed by atoms with van der Waals surface area (Å²) in [5, 5.41) is 25.2. The topological polar surface area (TPSA) is 223 Å². The van der Waals surface area contributed by atoms with Gasteiger partial charge >= 0.3 is 5.97 Å². The lowest BCUT2D eigenvalue weighted by molar-refractivity contribution is -0.146. The van der Waals surface area contributed by atoms with Crippen LogP contribution in [-0.2, 0) is 30.3 Å². The molecule has 3 aromatic carbocycles. The number of amides is 4. The summed E-state index contributed by atoms with van der Waals surface area (Å²) in [6.45, 7) is 2.52. The molecule has 0 bridgehead atoms. The number of anilines is 1. The van der Waals surface area contributed by atoms with Gasteiger partial charge < -0.3 is 31.7 Å². The number of halogens is 1. The van der Waals surface area contributed by atoms with Crippen LogP contribution >= 0.6 is 12.4 Å². The molecule has 7 N–H and O–H groups in total. The number of nitrogens with two attached hydrogens (primary N) is 1. The summed E-state index contributed by atoms with van der Waals surface area (Å²) in [4.78, 5) is 64.5. The number of carbonyl (C=O) groups excluding carboxylic acids is 5. The number of piperidine rings is 1. The van der Waals surface area contributed by atoms with E-state index >= 15 is 0 Å². The molecule has 1 saturated carbocycles. The Bertz CT molecular complexity index is 1970. The number of rotatable bonds is 12. The van der Waals surface area contributed by atoms with Crippen molar-refractivity contribution < 1.29 is 28.7 Å². The summed E-state index contributed by atoms with van der Waals surface area (Å²) in [5.74, 6) is -1.05. The number of nitrogens with one attached hydrogen (secondary N) is 5. The van der Waals surface area contributed by atoms with Crippen LogP contribution < -0.4 is 27.0 Å². The Kier molecular flexibility index (Phi) is 13.7. The zero-order valence-corrected chi connectivity index (χ0v) is 31.5. The number of carbonyl (C=O) groups is 5. The molecule has 2 fully saturated rings. The first-order chi connectivity index (χ1) is 26.1. The Morgan fingerprint density at radius 3 is 2.25 bits per heavy atom. The zero-order chi connectivity index (χ0) is 38.2. The lowest BCUT2D eigenvalue weighted by atomic mass is 9.81. The number of hydrogen-bond acceptors (Lipinski definition) is 10. The summed E-state index contributed by atoms with van der Waals surface area (Å²) in [6, 6.07) is 17.9. The van der Waals surface area contributed by atoms with E-state index in [-0.39, 0.29) is 36.6 Å². The lowest BCUT2D eigenvalue weighted by Gasteiger charge is -2.28. The highest BCUT2D eigenvalue weighted by molar-refractivity contribution is 5.99. The maximum Gasteiger partial charge on any atom is 0.328 e. The second-order valence-corrected chi connectivity index (χ2v) is 13.9. The Morgan fingerprint density at radius 1 is 0.927 bits per heavy atom. The van der Waals surface area contributed by atoms with Crippen molar-refractivity contribution in [1.82, 2.24) is 36.6 Å². The van der Waals surface area contributed by atoms with Gasteiger partial charge in [-0.3, -0.25) is 19.2 Å². The first-order valence-electron chi connectivity index (χ1n) is 18.2. The highest BCUT2D eigenvalue weighted by Crippen LogP contribution is 2.29. The van der Waals surface area contributed by atoms with Crippen LogP contribution in [0.3, 0.4) is 0 Å². The van der Waals surface area contributed by atoms with E-state index in [2.05, 4.69) is 41.9 Å². The average Bonchev–Trinajstić information content (AvgIpc) is 3.74. The zero-order valence-electron chi connectivity index (χ0n) is 30.7. The number of aryl methyl sites for hydroxylation is 1. The Labute approximate surface area is 324 Å². The molecular formula is C39H46ClN9O6. The molecule has 0 spiro atoms. The van der Waals surface area contributed by atoms with Gasteiger partial charge in [0.05, 0.1) is 7.11 Å². The highest BCUT2D eigenvalue weighted by Gasteiger charge is 2.33. The number of H-pyrrole nitrogens is 1. The van der Waals surface area contributed by atoms with Crippen LogP contribution in [0.2, 0.25) is 0 Å². The third-order valence-corrected chi connectivity index (χ3v) is 10.3. The first kappa shape index (κ1) is 40.5. The van der Waals surface area contributed by atoms with Crippen molar-refractivity contribution in [1.29, 1.82) is 0 Å². The summed E-state index contributed by atoms with van der Waals surface area (Å²) in [7, 11) is 1.26. The van der Waals surface area contributed by atoms with Gasteiger partial charge in [0.2, 0.25) is 17.7 Å². The number of aromatic amines is 1. The van der Waals surface area contributed by atoms with Gasteiger partial charge in [-0.15, -0.1) is 17.5 Å². The van der Waals surface area contributed by atoms with E-state index in [0.717, 1.165) is 53.5 Å². The summed E-state index contributed by atoms with van der Waals surface area (Å²) in [5.41, 5.74) is 11.1.